The van der Waals surface area contributed by atoms with Crippen molar-refractivity contribution in [2.24, 2.45) is 0 Å². The Bertz CT molecular complexity index is 635. The van der Waals surface area contributed by atoms with Gasteiger partial charge in [-0.3, -0.25) is 0 Å². The van der Waals surface area contributed by atoms with Crippen LogP contribution in [0.15, 0.2) is 27.2 Å². The first-order chi connectivity index (χ1) is 9.55. The highest BCUT2D eigenvalue weighted by molar-refractivity contribution is 7.89. The number of sulfonamides is 1. The maximum atomic E-state index is 12.6. The Labute approximate surface area is 127 Å². The van der Waals surface area contributed by atoms with Crippen LogP contribution in [0.5, 0.6) is 0 Å². The number of thiazole rings is 1. The first kappa shape index (κ1) is 15.6. The molecule has 110 valence electrons. The molecule has 2 rings (SSSR count). The lowest BCUT2D eigenvalue weighted by molar-refractivity contribution is 0.462. The number of rotatable bonds is 7. The van der Waals surface area contributed by atoms with Crippen molar-refractivity contribution in [1.82, 2.24) is 14.6 Å². The largest absolute Gasteiger partial charge is 0.312 e. The molecule has 0 bridgehead atoms. The molecule has 8 heteroatoms. The van der Waals surface area contributed by atoms with Crippen LogP contribution in [0.1, 0.15) is 17.5 Å². The first-order valence-electron chi connectivity index (χ1n) is 6.16. The molecular weight excluding hydrogens is 314 g/mol. The molecule has 0 aliphatic rings. The van der Waals surface area contributed by atoms with Gasteiger partial charge in [0.25, 0.3) is 0 Å². The van der Waals surface area contributed by atoms with Crippen LogP contribution in [0.3, 0.4) is 0 Å². The normalized spacial score (nSPS) is 12.2. The van der Waals surface area contributed by atoms with E-state index in [1.54, 1.807) is 18.6 Å². The zero-order valence-electron chi connectivity index (χ0n) is 11.4. The highest BCUT2D eigenvalue weighted by Crippen LogP contribution is 2.25. The third-order valence-corrected chi connectivity index (χ3v) is 6.37. The summed E-state index contributed by atoms with van der Waals surface area (Å²) in [5, 5.41) is 6.84. The van der Waals surface area contributed by atoms with E-state index in [0.717, 1.165) is 17.1 Å². The van der Waals surface area contributed by atoms with Crippen molar-refractivity contribution in [2.75, 3.05) is 13.6 Å². The van der Waals surface area contributed by atoms with Crippen molar-refractivity contribution >= 4 is 32.7 Å². The number of nitrogens with zero attached hydrogens (tertiary/aromatic N) is 2. The summed E-state index contributed by atoms with van der Waals surface area (Å²) in [6, 6.07) is 1.67. The summed E-state index contributed by atoms with van der Waals surface area (Å²) < 4.78 is 26.5. The van der Waals surface area contributed by atoms with Crippen molar-refractivity contribution in [3.63, 3.8) is 0 Å². The second-order valence-electron chi connectivity index (χ2n) is 4.23. The van der Waals surface area contributed by atoms with E-state index in [1.807, 2.05) is 17.7 Å². The molecule has 2 heterocycles. The second-order valence-corrected chi connectivity index (χ2v) is 7.96. The monoisotopic (exact) mass is 331 g/mol. The van der Waals surface area contributed by atoms with E-state index in [9.17, 15) is 8.42 Å². The van der Waals surface area contributed by atoms with Crippen LogP contribution in [0.4, 0.5) is 0 Å². The van der Waals surface area contributed by atoms with E-state index in [4.69, 9.17) is 0 Å². The Morgan fingerprint density at radius 1 is 1.45 bits per heavy atom. The third kappa shape index (κ3) is 3.44. The Morgan fingerprint density at radius 3 is 2.90 bits per heavy atom. The van der Waals surface area contributed by atoms with Gasteiger partial charge in [-0.25, -0.2) is 13.4 Å². The Kier molecular flexibility index (Phi) is 5.28. The van der Waals surface area contributed by atoms with E-state index in [-0.39, 0.29) is 0 Å². The summed E-state index contributed by atoms with van der Waals surface area (Å²) in [6.07, 6.45) is 0. The molecule has 0 radical (unpaired) electrons. The first-order valence-corrected chi connectivity index (χ1v) is 9.42. The van der Waals surface area contributed by atoms with Crippen LogP contribution in [0, 0.1) is 0 Å². The molecule has 1 N–H and O–H groups in total. The van der Waals surface area contributed by atoms with Crippen LogP contribution >= 0.6 is 22.7 Å². The topological polar surface area (TPSA) is 62.3 Å². The summed E-state index contributed by atoms with van der Waals surface area (Å²) >= 11 is 2.92. The summed E-state index contributed by atoms with van der Waals surface area (Å²) in [5.74, 6) is 0. The zero-order valence-corrected chi connectivity index (χ0v) is 13.8. The van der Waals surface area contributed by atoms with Gasteiger partial charge >= 0.3 is 0 Å². The number of hydrogen-bond acceptors (Lipinski definition) is 6. The van der Waals surface area contributed by atoms with Gasteiger partial charge in [0.1, 0.15) is 0 Å². The molecule has 0 aliphatic heterocycles. The average molecular weight is 331 g/mol. The number of nitrogens with one attached hydrogen (secondary N) is 1. The smallest absolute Gasteiger partial charge is 0.244 e. The van der Waals surface area contributed by atoms with Crippen LogP contribution in [-0.2, 0) is 23.1 Å². The van der Waals surface area contributed by atoms with E-state index in [2.05, 4.69) is 10.3 Å². The average Bonchev–Trinajstić information content (AvgIpc) is 3.06. The fourth-order valence-electron chi connectivity index (χ4n) is 1.72. The van der Waals surface area contributed by atoms with Crippen molar-refractivity contribution < 1.29 is 8.42 Å². The van der Waals surface area contributed by atoms with Crippen molar-refractivity contribution in [1.29, 1.82) is 0 Å². The predicted molar refractivity (Wildman–Crippen MR) is 82.5 cm³/mol. The van der Waals surface area contributed by atoms with Gasteiger partial charge in [-0.15, -0.1) is 22.7 Å². The molecule has 0 saturated carbocycles. The van der Waals surface area contributed by atoms with Gasteiger partial charge in [0.2, 0.25) is 10.0 Å². The van der Waals surface area contributed by atoms with Gasteiger partial charge < -0.3 is 5.32 Å². The molecule has 5 nitrogen and oxygen atoms in total. The van der Waals surface area contributed by atoms with Crippen LogP contribution in [0.25, 0.3) is 0 Å². The molecule has 0 aliphatic carbocycles. The highest BCUT2D eigenvalue weighted by Gasteiger charge is 2.25. The van der Waals surface area contributed by atoms with Crippen molar-refractivity contribution in [2.45, 2.75) is 24.9 Å². The highest BCUT2D eigenvalue weighted by atomic mass is 32.2. The summed E-state index contributed by atoms with van der Waals surface area (Å²) in [5.41, 5.74) is 2.47. The van der Waals surface area contributed by atoms with Gasteiger partial charge in [-0.2, -0.15) is 4.31 Å². The Balaban J connectivity index is 2.19. The second kappa shape index (κ2) is 6.77. The van der Waals surface area contributed by atoms with Crippen LogP contribution in [0.2, 0.25) is 0 Å². The fraction of sp³-hybridized carbons (Fsp3) is 0.417. The molecule has 2 aromatic heterocycles. The van der Waals surface area contributed by atoms with Crippen molar-refractivity contribution in [3.8, 4) is 0 Å². The number of aromatic nitrogens is 1. The Morgan fingerprint density at radius 2 is 2.25 bits per heavy atom. The molecule has 0 saturated heterocycles. The minimum absolute atomic E-state index is 0.294. The molecule has 0 atom stereocenters. The van der Waals surface area contributed by atoms with Gasteiger partial charge in [-0.05, 0) is 18.0 Å². The Hall–Kier alpha value is -0.800. The molecule has 0 unspecified atom stereocenters. The van der Waals surface area contributed by atoms with Crippen LogP contribution < -0.4 is 5.32 Å². The molecular formula is C12H17N3O2S3. The minimum atomic E-state index is -3.46. The number of hydrogen-bond donors (Lipinski definition) is 1. The third-order valence-electron chi connectivity index (χ3n) is 2.80. The SMILES string of the molecule is CCNCc1sccc1S(=O)(=O)N(C)Cc1cscn1. The van der Waals surface area contributed by atoms with Gasteiger partial charge in [0.05, 0.1) is 22.6 Å². The lowest BCUT2D eigenvalue weighted by Gasteiger charge is -2.16. The molecule has 0 spiro atoms. The van der Waals surface area contributed by atoms with Gasteiger partial charge in [0.15, 0.2) is 0 Å². The van der Waals surface area contributed by atoms with E-state index in [0.29, 0.717) is 18.0 Å². The van der Waals surface area contributed by atoms with E-state index >= 15 is 0 Å². The van der Waals surface area contributed by atoms with Crippen molar-refractivity contribution in [3.05, 3.63) is 32.9 Å². The summed E-state index contributed by atoms with van der Waals surface area (Å²) in [6.45, 7) is 3.68. The molecule has 2 aromatic rings. The van der Waals surface area contributed by atoms with E-state index < -0.39 is 10.0 Å². The maximum absolute atomic E-state index is 12.6. The molecule has 0 aromatic carbocycles. The lowest BCUT2D eigenvalue weighted by atomic mass is 10.4. The molecule has 0 amide bonds. The fourth-order valence-corrected chi connectivity index (χ4v) is 4.79. The predicted octanol–water partition coefficient (Wildman–Crippen LogP) is 2.13. The molecule has 20 heavy (non-hydrogen) atoms. The maximum Gasteiger partial charge on any atom is 0.244 e. The summed E-state index contributed by atoms with van der Waals surface area (Å²) in [4.78, 5) is 5.36. The standard InChI is InChI=1S/C12H17N3O2S3/c1-3-13-6-11-12(4-5-19-11)20(16,17)15(2)7-10-8-18-9-14-10/h4-5,8-9,13H,3,6-7H2,1-2H3. The van der Waals surface area contributed by atoms with Gasteiger partial charge in [0, 0.05) is 23.8 Å². The zero-order chi connectivity index (χ0) is 14.6. The minimum Gasteiger partial charge on any atom is -0.312 e. The van der Waals surface area contributed by atoms with Crippen LogP contribution in [-0.4, -0.2) is 31.3 Å². The molecule has 0 fully saturated rings. The lowest BCUT2D eigenvalue weighted by Crippen LogP contribution is -2.27. The quantitative estimate of drug-likeness (QED) is 0.844. The summed E-state index contributed by atoms with van der Waals surface area (Å²) in [7, 11) is -1.88. The van der Waals surface area contributed by atoms with Gasteiger partial charge in [-0.1, -0.05) is 6.92 Å². The number of thiophene rings is 1. The van der Waals surface area contributed by atoms with E-state index in [1.165, 1.54) is 27.0 Å².